The lowest BCUT2D eigenvalue weighted by atomic mass is 10.5. The molecule has 2 aromatic heterocycles. The Labute approximate surface area is 95.4 Å². The first-order chi connectivity index (χ1) is 6.33. The number of thiophene rings is 2. The summed E-state index contributed by atoms with van der Waals surface area (Å²) in [5.41, 5.74) is 0. The van der Waals surface area contributed by atoms with Crippen molar-refractivity contribution in [1.82, 2.24) is 0 Å². The number of halogens is 1. The Morgan fingerprint density at radius 2 is 1.85 bits per heavy atom. The van der Waals surface area contributed by atoms with E-state index in [1.807, 2.05) is 0 Å². The van der Waals surface area contributed by atoms with Crippen LogP contribution >= 0.6 is 38.6 Å². The van der Waals surface area contributed by atoms with Crippen LogP contribution in [0.3, 0.4) is 0 Å². The molecule has 0 bridgehead atoms. The minimum absolute atomic E-state index is 0.991. The predicted octanol–water partition coefficient (Wildman–Crippen LogP) is 4.70. The fourth-order valence-electron chi connectivity index (χ4n) is 0.749. The van der Waals surface area contributed by atoms with Gasteiger partial charge in [-0.25, -0.2) is 0 Å². The van der Waals surface area contributed by atoms with Crippen molar-refractivity contribution in [2.45, 2.75) is 12.3 Å². The zero-order valence-electron chi connectivity index (χ0n) is 7.37. The molecule has 0 N–H and O–H groups in total. The highest BCUT2D eigenvalue weighted by molar-refractivity contribution is 9.08. The zero-order valence-corrected chi connectivity index (χ0v) is 10.6. The van der Waals surface area contributed by atoms with Gasteiger partial charge in [-0.3, -0.25) is 0 Å². The molecule has 0 nitrogen and oxygen atoms in total. The van der Waals surface area contributed by atoms with E-state index >= 15 is 0 Å². The van der Waals surface area contributed by atoms with Crippen LogP contribution in [-0.2, 0) is 5.33 Å². The molecule has 0 aliphatic rings. The topological polar surface area (TPSA) is 0 Å². The predicted molar refractivity (Wildman–Crippen MR) is 66.0 cm³/mol. The Balaban J connectivity index is 0.000000132. The Hall–Kier alpha value is -0.120. The third-order valence-corrected chi connectivity index (χ3v) is 4.03. The van der Waals surface area contributed by atoms with Crippen molar-refractivity contribution in [1.29, 1.82) is 0 Å². The molecule has 2 aromatic rings. The SMILES string of the molecule is BrCc1cccs1.Cc1cccs1. The molecule has 70 valence electrons. The third-order valence-electron chi connectivity index (χ3n) is 1.38. The molecule has 13 heavy (non-hydrogen) atoms. The Bertz CT molecular complexity index is 298. The molecule has 0 atom stereocenters. The molecule has 0 saturated heterocycles. The second-order valence-corrected chi connectivity index (χ2v) is 5.18. The maximum atomic E-state index is 3.35. The van der Waals surface area contributed by atoms with E-state index in [-0.39, 0.29) is 0 Å². The minimum atomic E-state index is 0.991. The van der Waals surface area contributed by atoms with Gasteiger partial charge in [0.1, 0.15) is 0 Å². The number of hydrogen-bond acceptors (Lipinski definition) is 2. The first-order valence-corrected chi connectivity index (χ1v) is 6.79. The summed E-state index contributed by atoms with van der Waals surface area (Å²) in [6.07, 6.45) is 0. The standard InChI is InChI=1S/C5H5BrS.C5H6S/c6-4-5-2-1-3-7-5;1-5-3-2-4-6-5/h1-3H,4H2;2-4H,1H3. The van der Waals surface area contributed by atoms with Gasteiger partial charge in [-0.05, 0) is 29.8 Å². The number of hydrogen-bond donors (Lipinski definition) is 0. The molecule has 0 aliphatic heterocycles. The molecule has 3 heteroatoms. The van der Waals surface area contributed by atoms with Gasteiger partial charge in [-0.2, -0.15) is 0 Å². The quantitative estimate of drug-likeness (QED) is 0.662. The van der Waals surface area contributed by atoms with E-state index in [0.717, 1.165) is 5.33 Å². The van der Waals surface area contributed by atoms with E-state index in [1.54, 1.807) is 22.7 Å². The smallest absolute Gasteiger partial charge is 0.0377 e. The van der Waals surface area contributed by atoms with Gasteiger partial charge in [0.05, 0.1) is 0 Å². The van der Waals surface area contributed by atoms with Crippen molar-refractivity contribution in [3.63, 3.8) is 0 Å². The first kappa shape index (κ1) is 11.0. The molecule has 2 heterocycles. The molecule has 0 aliphatic carbocycles. The van der Waals surface area contributed by atoms with Crippen LogP contribution in [0.1, 0.15) is 9.75 Å². The lowest BCUT2D eigenvalue weighted by Gasteiger charge is -1.76. The third kappa shape index (κ3) is 4.60. The van der Waals surface area contributed by atoms with E-state index in [4.69, 9.17) is 0 Å². The highest BCUT2D eigenvalue weighted by Crippen LogP contribution is 2.11. The summed E-state index contributed by atoms with van der Waals surface area (Å²) in [5.74, 6) is 0. The van der Waals surface area contributed by atoms with E-state index in [1.165, 1.54) is 9.75 Å². The normalized spacial score (nSPS) is 9.08. The summed E-state index contributed by atoms with van der Waals surface area (Å²) < 4.78 is 0. The summed E-state index contributed by atoms with van der Waals surface area (Å²) >= 11 is 6.90. The van der Waals surface area contributed by atoms with Crippen molar-refractivity contribution in [2.75, 3.05) is 0 Å². The van der Waals surface area contributed by atoms with Gasteiger partial charge < -0.3 is 0 Å². The maximum Gasteiger partial charge on any atom is 0.0377 e. The molecule has 0 unspecified atom stereocenters. The largest absolute Gasteiger partial charge is 0.149 e. The van der Waals surface area contributed by atoms with Gasteiger partial charge in [-0.1, -0.05) is 28.1 Å². The number of rotatable bonds is 1. The second kappa shape index (κ2) is 6.35. The Morgan fingerprint density at radius 1 is 1.15 bits per heavy atom. The molecule has 2 rings (SSSR count). The lowest BCUT2D eigenvalue weighted by molar-refractivity contribution is 1.59. The molecule has 0 radical (unpaired) electrons. The lowest BCUT2D eigenvalue weighted by Crippen LogP contribution is -1.57. The summed E-state index contributed by atoms with van der Waals surface area (Å²) in [6.45, 7) is 2.10. The van der Waals surface area contributed by atoms with Crippen LogP contribution in [0.25, 0.3) is 0 Å². The van der Waals surface area contributed by atoms with E-state index < -0.39 is 0 Å². The fraction of sp³-hybridized carbons (Fsp3) is 0.200. The zero-order chi connectivity index (χ0) is 9.52. The van der Waals surface area contributed by atoms with Gasteiger partial charge in [-0.15, -0.1) is 22.7 Å². The van der Waals surface area contributed by atoms with Crippen molar-refractivity contribution < 1.29 is 0 Å². The van der Waals surface area contributed by atoms with Crippen LogP contribution in [0.5, 0.6) is 0 Å². The van der Waals surface area contributed by atoms with Crippen LogP contribution in [0.15, 0.2) is 35.0 Å². The summed E-state index contributed by atoms with van der Waals surface area (Å²) in [4.78, 5) is 2.77. The van der Waals surface area contributed by atoms with Crippen molar-refractivity contribution in [3.05, 3.63) is 44.8 Å². The van der Waals surface area contributed by atoms with Crippen LogP contribution in [0, 0.1) is 6.92 Å². The van der Waals surface area contributed by atoms with Gasteiger partial charge in [0.25, 0.3) is 0 Å². The van der Waals surface area contributed by atoms with Crippen molar-refractivity contribution in [3.8, 4) is 0 Å². The van der Waals surface area contributed by atoms with E-state index in [2.05, 4.69) is 57.9 Å². The molecule has 0 fully saturated rings. The molecule has 0 aromatic carbocycles. The second-order valence-electron chi connectivity index (χ2n) is 2.44. The molecule has 0 spiro atoms. The molecular formula is C10H11BrS2. The fourth-order valence-corrected chi connectivity index (χ4v) is 2.41. The number of aryl methyl sites for hydroxylation is 1. The van der Waals surface area contributed by atoms with Crippen LogP contribution in [0.2, 0.25) is 0 Å². The summed E-state index contributed by atoms with van der Waals surface area (Å²) in [7, 11) is 0. The number of alkyl halides is 1. The Kier molecular flexibility index (Phi) is 5.35. The highest BCUT2D eigenvalue weighted by atomic mass is 79.9. The van der Waals surface area contributed by atoms with E-state index in [0.29, 0.717) is 0 Å². The average Bonchev–Trinajstić information content (AvgIpc) is 2.76. The first-order valence-electron chi connectivity index (χ1n) is 3.91. The van der Waals surface area contributed by atoms with Gasteiger partial charge >= 0.3 is 0 Å². The van der Waals surface area contributed by atoms with Gasteiger partial charge in [0.15, 0.2) is 0 Å². The molecule has 0 saturated carbocycles. The Morgan fingerprint density at radius 3 is 2.08 bits per heavy atom. The van der Waals surface area contributed by atoms with Crippen LogP contribution in [-0.4, -0.2) is 0 Å². The molecule has 0 amide bonds. The van der Waals surface area contributed by atoms with Crippen molar-refractivity contribution in [2.24, 2.45) is 0 Å². The maximum absolute atomic E-state index is 3.35. The van der Waals surface area contributed by atoms with Crippen LogP contribution < -0.4 is 0 Å². The van der Waals surface area contributed by atoms with Gasteiger partial charge in [0.2, 0.25) is 0 Å². The van der Waals surface area contributed by atoms with Gasteiger partial charge in [0, 0.05) is 15.1 Å². The van der Waals surface area contributed by atoms with Crippen LogP contribution in [0.4, 0.5) is 0 Å². The monoisotopic (exact) mass is 274 g/mol. The van der Waals surface area contributed by atoms with E-state index in [9.17, 15) is 0 Å². The highest BCUT2D eigenvalue weighted by Gasteiger charge is 1.84. The summed E-state index contributed by atoms with van der Waals surface area (Å²) in [5, 5.41) is 5.15. The minimum Gasteiger partial charge on any atom is -0.149 e. The molecular weight excluding hydrogens is 264 g/mol. The average molecular weight is 275 g/mol. The summed E-state index contributed by atoms with van der Waals surface area (Å²) in [6, 6.07) is 8.32. The van der Waals surface area contributed by atoms with Crippen molar-refractivity contribution >= 4 is 38.6 Å².